The van der Waals surface area contributed by atoms with Crippen LogP contribution in [0.25, 0.3) is 0 Å². The molecule has 8 unspecified atom stereocenters. The molecule has 9 N–H and O–H groups in total. The van der Waals surface area contributed by atoms with Crippen LogP contribution in [0.4, 0.5) is 0 Å². The van der Waals surface area contributed by atoms with Crippen LogP contribution in [0.1, 0.15) is 181 Å². The highest BCUT2D eigenvalue weighted by molar-refractivity contribution is 7.47. The van der Waals surface area contributed by atoms with E-state index in [-0.39, 0.29) is 6.42 Å². The number of carbonyl (C=O) groups excluding carboxylic acids is 1. The monoisotopic (exact) mass is 862 g/mol. The van der Waals surface area contributed by atoms with Crippen LogP contribution in [0.3, 0.4) is 0 Å². The third-order valence-corrected chi connectivity index (χ3v) is 12.0. The second-order valence-electron chi connectivity index (χ2n) is 16.4. The predicted octanol–water partition coefficient (Wildman–Crippen LogP) is 7.36. The Morgan fingerprint density at radius 3 is 1.53 bits per heavy atom. The molecule has 0 aliphatic heterocycles. The molecule has 14 heteroatoms. The van der Waals surface area contributed by atoms with Crippen LogP contribution >= 0.6 is 7.82 Å². The summed E-state index contributed by atoms with van der Waals surface area (Å²) in [6.45, 7) is 3.66. The van der Waals surface area contributed by atoms with Crippen molar-refractivity contribution in [2.75, 3.05) is 6.61 Å². The Bertz CT molecular complexity index is 1160. The molecule has 1 rings (SSSR count). The minimum atomic E-state index is -5.13. The first-order valence-electron chi connectivity index (χ1n) is 23.0. The number of hydrogen-bond donors (Lipinski definition) is 9. The van der Waals surface area contributed by atoms with E-state index in [1.54, 1.807) is 6.08 Å². The van der Waals surface area contributed by atoms with Crippen LogP contribution < -0.4 is 5.32 Å². The summed E-state index contributed by atoms with van der Waals surface area (Å²) in [7, 11) is -5.13. The van der Waals surface area contributed by atoms with Crippen molar-refractivity contribution < 1.29 is 59.0 Å². The molecule has 0 aromatic heterocycles. The molecular formula is C45H84NO12P. The maximum atomic E-state index is 12.9. The van der Waals surface area contributed by atoms with Crippen molar-refractivity contribution in [1.82, 2.24) is 5.32 Å². The zero-order valence-corrected chi connectivity index (χ0v) is 37.3. The van der Waals surface area contributed by atoms with Crippen LogP contribution in [-0.2, 0) is 18.4 Å². The number of phosphoric ester groups is 1. The Hall–Kier alpha value is -1.48. The third-order valence-electron chi connectivity index (χ3n) is 11.0. The summed E-state index contributed by atoms with van der Waals surface area (Å²) in [4.78, 5) is 23.3. The summed E-state index contributed by atoms with van der Waals surface area (Å²) in [5.74, 6) is -0.605. The summed E-state index contributed by atoms with van der Waals surface area (Å²) in [5, 5.41) is 74.2. The van der Waals surface area contributed by atoms with Crippen LogP contribution in [-0.4, -0.2) is 108 Å². The first kappa shape index (κ1) is 55.5. The van der Waals surface area contributed by atoms with Gasteiger partial charge in [0.25, 0.3) is 0 Å². The quantitative estimate of drug-likeness (QED) is 0.0170. The zero-order valence-electron chi connectivity index (χ0n) is 36.4. The largest absolute Gasteiger partial charge is 0.472 e. The number of hydrogen-bond acceptors (Lipinski definition) is 11. The van der Waals surface area contributed by atoms with Gasteiger partial charge in [0.1, 0.15) is 36.6 Å². The van der Waals surface area contributed by atoms with Crippen molar-refractivity contribution in [3.8, 4) is 0 Å². The van der Waals surface area contributed by atoms with Crippen molar-refractivity contribution in [3.05, 3.63) is 36.5 Å². The lowest BCUT2D eigenvalue weighted by Gasteiger charge is -2.41. The van der Waals surface area contributed by atoms with Crippen LogP contribution in [0.15, 0.2) is 36.5 Å². The molecule has 0 aromatic carbocycles. The Kier molecular flexibility index (Phi) is 33.0. The van der Waals surface area contributed by atoms with E-state index in [2.05, 4.69) is 43.5 Å². The highest BCUT2D eigenvalue weighted by Crippen LogP contribution is 2.47. The summed E-state index contributed by atoms with van der Waals surface area (Å²) in [6.07, 6.45) is 25.6. The van der Waals surface area contributed by atoms with Crippen LogP contribution in [0.5, 0.6) is 0 Å². The number of unbranched alkanes of at least 4 members (excludes halogenated alkanes) is 20. The standard InChI is InChI=1S/C45H84NO12P/c1-3-5-7-9-11-13-14-15-16-17-18-19-20-21-22-23-24-25-26-28-30-32-36(47)34-39(49)46-37(38(48)33-31-29-27-12-10-8-6-4-2)35-57-59(55,56)58-45-43(53)41(51)40(50)42(52)44(45)54/h18-19,21-22,31,33,36-38,40-45,47-48,50-54H,3-17,20,23-30,32,34-35H2,1-2H3,(H,46,49)(H,55,56)/b19-18-,22-21-,33-31+. The molecule has 8 atom stereocenters. The Morgan fingerprint density at radius 2 is 1.03 bits per heavy atom. The highest BCUT2D eigenvalue weighted by Gasteiger charge is 2.51. The van der Waals surface area contributed by atoms with Gasteiger partial charge in [0.2, 0.25) is 5.91 Å². The molecule has 0 spiro atoms. The first-order valence-corrected chi connectivity index (χ1v) is 24.5. The molecule has 59 heavy (non-hydrogen) atoms. The van der Waals surface area contributed by atoms with Crippen LogP contribution in [0, 0.1) is 0 Å². The van der Waals surface area contributed by atoms with Crippen molar-refractivity contribution >= 4 is 13.7 Å². The fraction of sp³-hybridized carbons (Fsp3) is 0.844. The van der Waals surface area contributed by atoms with E-state index < -0.39 is 75.2 Å². The van der Waals surface area contributed by atoms with E-state index >= 15 is 0 Å². The number of allylic oxidation sites excluding steroid dienone is 5. The summed E-state index contributed by atoms with van der Waals surface area (Å²) < 4.78 is 22.7. The van der Waals surface area contributed by atoms with Gasteiger partial charge in [-0.05, 0) is 51.4 Å². The van der Waals surface area contributed by atoms with E-state index in [4.69, 9.17) is 9.05 Å². The van der Waals surface area contributed by atoms with E-state index in [0.29, 0.717) is 12.8 Å². The molecule has 346 valence electrons. The lowest BCUT2D eigenvalue weighted by atomic mass is 9.85. The molecular weight excluding hydrogens is 777 g/mol. The molecule has 0 heterocycles. The molecule has 13 nitrogen and oxygen atoms in total. The molecule has 0 aromatic rings. The average Bonchev–Trinajstić information content (AvgIpc) is 3.21. The number of phosphoric acid groups is 1. The number of aliphatic hydroxyl groups excluding tert-OH is 7. The number of aliphatic hydroxyl groups is 7. The van der Waals surface area contributed by atoms with Gasteiger partial charge in [-0.2, -0.15) is 0 Å². The number of amides is 1. The molecule has 1 aliphatic rings. The van der Waals surface area contributed by atoms with Gasteiger partial charge in [-0.3, -0.25) is 13.8 Å². The topological polar surface area (TPSA) is 226 Å². The van der Waals surface area contributed by atoms with Crippen molar-refractivity contribution in [1.29, 1.82) is 0 Å². The average molecular weight is 862 g/mol. The van der Waals surface area contributed by atoms with Crippen molar-refractivity contribution in [2.24, 2.45) is 0 Å². The maximum Gasteiger partial charge on any atom is 0.472 e. The normalized spacial score (nSPS) is 23.9. The predicted molar refractivity (Wildman–Crippen MR) is 233 cm³/mol. The van der Waals surface area contributed by atoms with E-state index in [9.17, 15) is 50.0 Å². The second-order valence-corrected chi connectivity index (χ2v) is 17.8. The summed E-state index contributed by atoms with van der Waals surface area (Å²) in [6, 6.07) is -1.24. The number of rotatable bonds is 37. The molecule has 0 saturated heterocycles. The first-order chi connectivity index (χ1) is 28.3. The van der Waals surface area contributed by atoms with Gasteiger partial charge < -0.3 is 46.0 Å². The van der Waals surface area contributed by atoms with Crippen molar-refractivity contribution in [2.45, 2.75) is 236 Å². The smallest absolute Gasteiger partial charge is 0.393 e. The molecule has 0 radical (unpaired) electrons. The number of carbonyl (C=O) groups is 1. The Labute approximate surface area is 356 Å². The van der Waals surface area contributed by atoms with Gasteiger partial charge in [-0.1, -0.05) is 159 Å². The minimum Gasteiger partial charge on any atom is -0.393 e. The molecule has 0 bridgehead atoms. The van der Waals surface area contributed by atoms with Gasteiger partial charge in [0, 0.05) is 0 Å². The third kappa shape index (κ3) is 27.2. The van der Waals surface area contributed by atoms with Gasteiger partial charge in [0.05, 0.1) is 31.3 Å². The second kappa shape index (κ2) is 35.0. The van der Waals surface area contributed by atoms with Gasteiger partial charge in [-0.25, -0.2) is 4.57 Å². The van der Waals surface area contributed by atoms with E-state index in [0.717, 1.165) is 77.0 Å². The maximum absolute atomic E-state index is 12.9. The lowest BCUT2D eigenvalue weighted by Crippen LogP contribution is -2.64. The number of nitrogens with one attached hydrogen (secondary N) is 1. The van der Waals surface area contributed by atoms with E-state index in [1.807, 2.05) is 0 Å². The Balaban J connectivity index is 2.44. The Morgan fingerprint density at radius 1 is 0.610 bits per heavy atom. The van der Waals surface area contributed by atoms with Gasteiger partial charge >= 0.3 is 7.82 Å². The SMILES string of the molecule is CCCCCCCC/C=C/C(O)C(COP(=O)(O)OC1C(O)C(O)C(O)C(O)C1O)NC(=O)CC(O)CCCCCCC/C=C\C/C=C\CCCCCCCCCCC. The van der Waals surface area contributed by atoms with E-state index in [1.165, 1.54) is 76.7 Å². The highest BCUT2D eigenvalue weighted by atomic mass is 31.2. The lowest BCUT2D eigenvalue weighted by molar-refractivity contribution is -0.220. The molecule has 1 fully saturated rings. The molecule has 1 amide bonds. The minimum absolute atomic E-state index is 0.255. The fourth-order valence-corrected chi connectivity index (χ4v) is 8.12. The summed E-state index contributed by atoms with van der Waals surface area (Å²) in [5.41, 5.74) is 0. The summed E-state index contributed by atoms with van der Waals surface area (Å²) >= 11 is 0. The van der Waals surface area contributed by atoms with Crippen LogP contribution in [0.2, 0.25) is 0 Å². The van der Waals surface area contributed by atoms with Gasteiger partial charge in [0.15, 0.2) is 0 Å². The van der Waals surface area contributed by atoms with Crippen molar-refractivity contribution in [3.63, 3.8) is 0 Å². The molecule has 1 aliphatic carbocycles. The zero-order chi connectivity index (χ0) is 43.7. The van der Waals surface area contributed by atoms with Gasteiger partial charge in [-0.15, -0.1) is 0 Å². The molecule has 1 saturated carbocycles. The fourth-order valence-electron chi connectivity index (χ4n) is 7.15.